The van der Waals surface area contributed by atoms with E-state index < -0.39 is 6.23 Å². The van der Waals surface area contributed by atoms with Crippen LogP contribution >= 0.6 is 0 Å². The number of hydrogen-bond acceptors (Lipinski definition) is 2. The Bertz CT molecular complexity index is 540. The maximum atomic E-state index is 12.9. The first kappa shape index (κ1) is 13.2. The first-order valence-corrected chi connectivity index (χ1v) is 5.85. The van der Waals surface area contributed by atoms with Crippen LogP contribution in [0, 0.1) is 5.82 Å². The van der Waals surface area contributed by atoms with Crippen molar-refractivity contribution in [3.8, 4) is 0 Å². The molecule has 0 saturated heterocycles. The van der Waals surface area contributed by atoms with Crippen molar-refractivity contribution in [1.29, 1.82) is 0 Å². The Morgan fingerprint density at radius 1 is 1.11 bits per heavy atom. The molecule has 2 rings (SSSR count). The van der Waals surface area contributed by atoms with Gasteiger partial charge in [0.25, 0.3) is 5.91 Å². The molecule has 98 valence electrons. The van der Waals surface area contributed by atoms with Gasteiger partial charge in [-0.2, -0.15) is 0 Å². The number of methoxy groups -OCH3 is 1. The molecule has 0 aliphatic heterocycles. The Balaban J connectivity index is 2.11. The second-order valence-corrected chi connectivity index (χ2v) is 4.01. The van der Waals surface area contributed by atoms with Crippen molar-refractivity contribution in [2.45, 2.75) is 6.23 Å². The third-order valence-corrected chi connectivity index (χ3v) is 2.71. The molecule has 2 aromatic carbocycles. The normalized spacial score (nSPS) is 11.9. The summed E-state index contributed by atoms with van der Waals surface area (Å²) in [4.78, 5) is 12.0. The molecule has 1 atom stereocenters. The van der Waals surface area contributed by atoms with Gasteiger partial charge in [0.2, 0.25) is 0 Å². The van der Waals surface area contributed by atoms with Crippen molar-refractivity contribution < 1.29 is 13.9 Å². The molecule has 0 spiro atoms. The third-order valence-electron chi connectivity index (χ3n) is 2.71. The van der Waals surface area contributed by atoms with Gasteiger partial charge in [-0.15, -0.1) is 0 Å². The highest BCUT2D eigenvalue weighted by atomic mass is 19.1. The first-order valence-electron chi connectivity index (χ1n) is 5.85. The number of carbonyl (C=O) groups is 1. The average Bonchev–Trinajstić information content (AvgIpc) is 2.46. The minimum Gasteiger partial charge on any atom is -0.357 e. The molecule has 0 heterocycles. The predicted octanol–water partition coefficient (Wildman–Crippen LogP) is 2.90. The molecule has 0 aromatic heterocycles. The van der Waals surface area contributed by atoms with Crippen molar-refractivity contribution in [2.75, 3.05) is 7.11 Å². The zero-order valence-corrected chi connectivity index (χ0v) is 10.5. The largest absolute Gasteiger partial charge is 0.357 e. The molecular weight excluding hydrogens is 245 g/mol. The van der Waals surface area contributed by atoms with Gasteiger partial charge in [-0.25, -0.2) is 4.39 Å². The lowest BCUT2D eigenvalue weighted by molar-refractivity contribution is 0.0575. The van der Waals surface area contributed by atoms with Gasteiger partial charge < -0.3 is 10.1 Å². The van der Waals surface area contributed by atoms with Crippen LogP contribution in [0.5, 0.6) is 0 Å². The average molecular weight is 259 g/mol. The molecule has 3 nitrogen and oxygen atoms in total. The number of halogens is 1. The SMILES string of the molecule is COC(NC(=O)c1ccccc1)c1ccc(F)cc1. The highest BCUT2D eigenvalue weighted by Crippen LogP contribution is 2.15. The van der Waals surface area contributed by atoms with E-state index in [-0.39, 0.29) is 11.7 Å². The van der Waals surface area contributed by atoms with E-state index in [0.29, 0.717) is 11.1 Å². The molecule has 1 N–H and O–H groups in total. The van der Waals surface area contributed by atoms with Gasteiger partial charge >= 0.3 is 0 Å². The van der Waals surface area contributed by atoms with Crippen molar-refractivity contribution in [3.05, 3.63) is 71.5 Å². The Morgan fingerprint density at radius 2 is 1.74 bits per heavy atom. The summed E-state index contributed by atoms with van der Waals surface area (Å²) in [6, 6.07) is 14.7. The first-order chi connectivity index (χ1) is 9.20. The summed E-state index contributed by atoms with van der Waals surface area (Å²) in [5, 5.41) is 2.74. The van der Waals surface area contributed by atoms with Crippen LogP contribution in [0.15, 0.2) is 54.6 Å². The van der Waals surface area contributed by atoms with Crippen molar-refractivity contribution in [1.82, 2.24) is 5.32 Å². The molecule has 0 saturated carbocycles. The fraction of sp³-hybridized carbons (Fsp3) is 0.133. The van der Waals surface area contributed by atoms with Crippen LogP contribution in [0.1, 0.15) is 22.1 Å². The molecule has 0 fully saturated rings. The fourth-order valence-corrected chi connectivity index (χ4v) is 1.71. The number of amides is 1. The molecule has 0 aliphatic carbocycles. The molecule has 0 aliphatic rings. The zero-order valence-electron chi connectivity index (χ0n) is 10.5. The van der Waals surface area contributed by atoms with Crippen molar-refractivity contribution in [3.63, 3.8) is 0 Å². The van der Waals surface area contributed by atoms with Crippen LogP contribution in [0.3, 0.4) is 0 Å². The van der Waals surface area contributed by atoms with E-state index in [1.165, 1.54) is 19.2 Å². The topological polar surface area (TPSA) is 38.3 Å². The summed E-state index contributed by atoms with van der Waals surface area (Å²) < 4.78 is 18.1. The van der Waals surface area contributed by atoms with E-state index in [9.17, 15) is 9.18 Å². The molecule has 4 heteroatoms. The summed E-state index contributed by atoms with van der Waals surface area (Å²) in [7, 11) is 1.49. The van der Waals surface area contributed by atoms with Crippen LogP contribution < -0.4 is 5.32 Å². The molecule has 0 bridgehead atoms. The Morgan fingerprint density at radius 3 is 2.32 bits per heavy atom. The quantitative estimate of drug-likeness (QED) is 0.857. The van der Waals surface area contributed by atoms with E-state index in [4.69, 9.17) is 4.74 Å². The maximum Gasteiger partial charge on any atom is 0.253 e. The lowest BCUT2D eigenvalue weighted by Gasteiger charge is -2.17. The second kappa shape index (κ2) is 6.11. The van der Waals surface area contributed by atoms with E-state index in [1.54, 1.807) is 36.4 Å². The zero-order chi connectivity index (χ0) is 13.7. The van der Waals surface area contributed by atoms with Gasteiger partial charge in [0, 0.05) is 18.2 Å². The Kier molecular flexibility index (Phi) is 4.26. The summed E-state index contributed by atoms with van der Waals surface area (Å²) in [6.07, 6.45) is -0.603. The predicted molar refractivity (Wildman–Crippen MR) is 70.1 cm³/mol. The summed E-state index contributed by atoms with van der Waals surface area (Å²) in [5.41, 5.74) is 1.24. The van der Waals surface area contributed by atoms with Crippen molar-refractivity contribution >= 4 is 5.91 Å². The van der Waals surface area contributed by atoms with Gasteiger partial charge in [0.05, 0.1) is 0 Å². The highest BCUT2D eigenvalue weighted by Gasteiger charge is 2.14. The molecule has 0 radical (unpaired) electrons. The van der Waals surface area contributed by atoms with Crippen LogP contribution in [0.25, 0.3) is 0 Å². The van der Waals surface area contributed by atoms with Crippen LogP contribution in [-0.4, -0.2) is 13.0 Å². The van der Waals surface area contributed by atoms with Gasteiger partial charge in [-0.3, -0.25) is 4.79 Å². The number of carbonyl (C=O) groups excluding carboxylic acids is 1. The number of hydrogen-bond donors (Lipinski definition) is 1. The smallest absolute Gasteiger partial charge is 0.253 e. The van der Waals surface area contributed by atoms with E-state index in [0.717, 1.165) is 0 Å². The van der Waals surface area contributed by atoms with Gasteiger partial charge in [0.1, 0.15) is 5.82 Å². The lowest BCUT2D eigenvalue weighted by Crippen LogP contribution is -2.29. The molecule has 1 unspecified atom stereocenters. The molecular formula is C15H14FNO2. The van der Waals surface area contributed by atoms with E-state index >= 15 is 0 Å². The maximum absolute atomic E-state index is 12.9. The van der Waals surface area contributed by atoms with Gasteiger partial charge in [0.15, 0.2) is 6.23 Å². The second-order valence-electron chi connectivity index (χ2n) is 4.01. The minimum atomic E-state index is -0.603. The van der Waals surface area contributed by atoms with Crippen LogP contribution in [0.2, 0.25) is 0 Å². The molecule has 1 amide bonds. The number of benzene rings is 2. The summed E-state index contributed by atoms with van der Waals surface area (Å²) in [5.74, 6) is -0.565. The molecule has 2 aromatic rings. The van der Waals surface area contributed by atoms with E-state index in [2.05, 4.69) is 5.32 Å². The Labute approximate surface area is 111 Å². The van der Waals surface area contributed by atoms with Gasteiger partial charge in [-0.05, 0) is 24.3 Å². The number of nitrogens with one attached hydrogen (secondary N) is 1. The highest BCUT2D eigenvalue weighted by molar-refractivity contribution is 5.94. The van der Waals surface area contributed by atoms with Crippen LogP contribution in [0.4, 0.5) is 4.39 Å². The van der Waals surface area contributed by atoms with E-state index in [1.807, 2.05) is 6.07 Å². The standard InChI is InChI=1S/C15H14FNO2/c1-19-15(12-7-9-13(16)10-8-12)17-14(18)11-5-3-2-4-6-11/h2-10,15H,1H3,(H,17,18). The third kappa shape index (κ3) is 3.39. The van der Waals surface area contributed by atoms with Crippen LogP contribution in [-0.2, 0) is 4.74 Å². The number of rotatable bonds is 4. The van der Waals surface area contributed by atoms with Crippen molar-refractivity contribution in [2.24, 2.45) is 0 Å². The van der Waals surface area contributed by atoms with Gasteiger partial charge in [-0.1, -0.05) is 30.3 Å². The summed E-state index contributed by atoms with van der Waals surface area (Å²) >= 11 is 0. The number of ether oxygens (including phenoxy) is 1. The molecule has 19 heavy (non-hydrogen) atoms. The fourth-order valence-electron chi connectivity index (χ4n) is 1.71. The lowest BCUT2D eigenvalue weighted by atomic mass is 10.1. The monoisotopic (exact) mass is 259 g/mol. The Hall–Kier alpha value is -2.20. The minimum absolute atomic E-state index is 0.239. The summed E-state index contributed by atoms with van der Waals surface area (Å²) in [6.45, 7) is 0.